The number of hydrogen-bond donors (Lipinski definition) is 0. The summed E-state index contributed by atoms with van der Waals surface area (Å²) in [6.07, 6.45) is 0. The normalized spacial score (nSPS) is 31.3. The lowest BCUT2D eigenvalue weighted by Gasteiger charge is -2.54. The van der Waals surface area contributed by atoms with Crippen LogP contribution in [-0.2, 0) is 19.3 Å². The monoisotopic (exact) mass is 447 g/mol. The number of likely N-dealkylation sites (tertiary alicyclic amines) is 1. The summed E-state index contributed by atoms with van der Waals surface area (Å²) in [6.45, 7) is 1.88. The van der Waals surface area contributed by atoms with Crippen LogP contribution in [0.5, 0.6) is 0 Å². The van der Waals surface area contributed by atoms with Crippen LogP contribution >= 0.6 is 23.2 Å². The minimum absolute atomic E-state index is 0.254. The minimum atomic E-state index is -1.13. The van der Waals surface area contributed by atoms with Crippen molar-refractivity contribution in [3.05, 3.63) is 107 Å². The molecular weight excluding hydrogens is 429 g/mol. The maximum absolute atomic E-state index is 13.9. The van der Waals surface area contributed by atoms with Crippen molar-refractivity contribution in [3.8, 4) is 0 Å². The number of rotatable bonds is 2. The molecule has 31 heavy (non-hydrogen) atoms. The Morgan fingerprint density at radius 2 is 1.03 bits per heavy atom. The zero-order valence-corrected chi connectivity index (χ0v) is 18.3. The van der Waals surface area contributed by atoms with E-state index in [1.165, 1.54) is 4.90 Å². The van der Waals surface area contributed by atoms with E-state index < -0.39 is 27.6 Å². The van der Waals surface area contributed by atoms with Crippen LogP contribution in [-0.4, -0.2) is 16.7 Å². The lowest BCUT2D eigenvalue weighted by atomic mass is 9.54. The molecule has 7 rings (SSSR count). The van der Waals surface area contributed by atoms with Crippen molar-refractivity contribution in [2.75, 3.05) is 0 Å². The molecule has 0 unspecified atom stereocenters. The zero-order chi connectivity index (χ0) is 21.5. The second-order valence-corrected chi connectivity index (χ2v) is 9.80. The molecule has 0 spiro atoms. The molecule has 3 aromatic rings. The first kappa shape index (κ1) is 19.1. The third-order valence-electron chi connectivity index (χ3n) is 7.29. The molecular formula is C26H19Cl2NO2. The molecule has 3 atom stereocenters. The molecule has 4 aliphatic rings. The average molecular weight is 448 g/mol. The average Bonchev–Trinajstić information content (AvgIpc) is 3.08. The number of carbonyl (C=O) groups is 2. The number of benzene rings is 3. The molecule has 3 aliphatic carbocycles. The van der Waals surface area contributed by atoms with Crippen molar-refractivity contribution in [2.24, 2.45) is 11.8 Å². The highest BCUT2D eigenvalue weighted by Gasteiger charge is 2.73. The Hall–Kier alpha value is -2.62. The van der Waals surface area contributed by atoms with E-state index in [-0.39, 0.29) is 11.8 Å². The first-order chi connectivity index (χ1) is 14.9. The van der Waals surface area contributed by atoms with Gasteiger partial charge in [0, 0.05) is 0 Å². The smallest absolute Gasteiger partial charge is 0.236 e. The van der Waals surface area contributed by atoms with Gasteiger partial charge in [-0.25, -0.2) is 0 Å². The Bertz CT molecular complexity index is 1130. The predicted molar refractivity (Wildman–Crippen MR) is 120 cm³/mol. The van der Waals surface area contributed by atoms with E-state index in [9.17, 15) is 9.59 Å². The summed E-state index contributed by atoms with van der Waals surface area (Å²) in [6, 6.07) is 24.6. The van der Waals surface area contributed by atoms with Gasteiger partial charge >= 0.3 is 0 Å². The standard InChI is InChI=1S/C26H19Cl2NO2/c1-15(16-9-3-2-4-10-16)29-23(30)21-22(24(29)31)26(28)18-12-6-5-11-17(18)25(21,27)19-13-7-8-14-20(19)26/h2-15,21-22H,1H3/t15-,21+,22+,25?,26?/m1/s1. The molecule has 1 heterocycles. The van der Waals surface area contributed by atoms with Gasteiger partial charge in [0.25, 0.3) is 0 Å². The fourth-order valence-corrected chi connectivity index (χ4v) is 7.05. The molecule has 5 heteroatoms. The third kappa shape index (κ3) is 2.11. The Kier molecular flexibility index (Phi) is 3.83. The van der Waals surface area contributed by atoms with Crippen molar-refractivity contribution < 1.29 is 9.59 Å². The fraction of sp³-hybridized carbons (Fsp3) is 0.231. The summed E-state index contributed by atoms with van der Waals surface area (Å²) in [5.41, 5.74) is 4.19. The SMILES string of the molecule is C[C@H](c1ccccc1)N1C(=O)[C@@H]2[C@@H](C1=O)C1(Cl)c3ccccc3C2(Cl)c2ccccc21. The van der Waals surface area contributed by atoms with E-state index in [2.05, 4.69) is 0 Å². The summed E-state index contributed by atoms with van der Waals surface area (Å²) in [5, 5.41) is 0. The molecule has 3 nitrogen and oxygen atoms in total. The number of alkyl halides is 2. The van der Waals surface area contributed by atoms with Crippen LogP contribution in [0.2, 0.25) is 0 Å². The second-order valence-electron chi connectivity index (χ2n) is 8.60. The van der Waals surface area contributed by atoms with Crippen LogP contribution in [0.3, 0.4) is 0 Å². The van der Waals surface area contributed by atoms with Crippen molar-refractivity contribution in [1.82, 2.24) is 4.90 Å². The molecule has 154 valence electrons. The fourth-order valence-electron chi connectivity index (χ4n) is 5.95. The highest BCUT2D eigenvalue weighted by Crippen LogP contribution is 2.69. The van der Waals surface area contributed by atoms with Gasteiger partial charge in [0.05, 0.1) is 17.9 Å². The van der Waals surface area contributed by atoms with Crippen LogP contribution in [0.1, 0.15) is 40.8 Å². The minimum Gasteiger partial charge on any atom is -0.275 e. The van der Waals surface area contributed by atoms with Crippen LogP contribution in [0.15, 0.2) is 78.9 Å². The van der Waals surface area contributed by atoms with Gasteiger partial charge in [0.1, 0.15) is 9.75 Å². The summed E-state index contributed by atoms with van der Waals surface area (Å²) < 4.78 is 0. The Balaban J connectivity index is 1.61. The summed E-state index contributed by atoms with van der Waals surface area (Å²) >= 11 is 14.9. The molecule has 1 aliphatic heterocycles. The molecule has 1 saturated heterocycles. The molecule has 0 N–H and O–H groups in total. The van der Waals surface area contributed by atoms with Crippen LogP contribution in [0.25, 0.3) is 0 Å². The molecule has 0 saturated carbocycles. The number of halogens is 2. The first-order valence-electron chi connectivity index (χ1n) is 10.4. The summed E-state index contributed by atoms with van der Waals surface area (Å²) in [7, 11) is 0. The van der Waals surface area contributed by atoms with Crippen LogP contribution in [0, 0.1) is 11.8 Å². The maximum Gasteiger partial charge on any atom is 0.236 e. The third-order valence-corrected chi connectivity index (χ3v) is 8.57. The zero-order valence-electron chi connectivity index (χ0n) is 16.8. The molecule has 0 aromatic heterocycles. The van der Waals surface area contributed by atoms with Crippen molar-refractivity contribution >= 4 is 35.0 Å². The quantitative estimate of drug-likeness (QED) is 0.392. The van der Waals surface area contributed by atoms with E-state index in [0.29, 0.717) is 0 Å². The lowest BCUT2D eigenvalue weighted by molar-refractivity contribution is -0.142. The lowest BCUT2D eigenvalue weighted by Crippen LogP contribution is -2.57. The summed E-state index contributed by atoms with van der Waals surface area (Å²) in [4.78, 5) is 26.9. The van der Waals surface area contributed by atoms with Gasteiger partial charge in [-0.2, -0.15) is 0 Å². The maximum atomic E-state index is 13.9. The van der Waals surface area contributed by atoms with Crippen LogP contribution in [0.4, 0.5) is 0 Å². The second kappa shape index (κ2) is 6.21. The van der Waals surface area contributed by atoms with E-state index in [0.717, 1.165) is 27.8 Å². The van der Waals surface area contributed by atoms with Gasteiger partial charge < -0.3 is 0 Å². The highest BCUT2D eigenvalue weighted by molar-refractivity contribution is 6.36. The van der Waals surface area contributed by atoms with Crippen molar-refractivity contribution in [2.45, 2.75) is 22.7 Å². The number of imide groups is 1. The van der Waals surface area contributed by atoms with Gasteiger partial charge in [-0.15, -0.1) is 23.2 Å². The summed E-state index contributed by atoms with van der Waals surface area (Å²) in [5.74, 6) is -2.02. The van der Waals surface area contributed by atoms with Crippen molar-refractivity contribution in [1.29, 1.82) is 0 Å². The first-order valence-corrected chi connectivity index (χ1v) is 11.2. The predicted octanol–water partition coefficient (Wildman–Crippen LogP) is 5.34. The number of carbonyl (C=O) groups excluding carboxylic acids is 2. The Labute approximate surface area is 190 Å². The number of amides is 2. The topological polar surface area (TPSA) is 37.4 Å². The van der Waals surface area contributed by atoms with Gasteiger partial charge in [-0.1, -0.05) is 78.9 Å². The van der Waals surface area contributed by atoms with E-state index in [4.69, 9.17) is 23.2 Å². The van der Waals surface area contributed by atoms with Gasteiger partial charge in [-0.05, 0) is 34.7 Å². The molecule has 1 fully saturated rings. The van der Waals surface area contributed by atoms with Crippen LogP contribution < -0.4 is 0 Å². The van der Waals surface area contributed by atoms with Crippen molar-refractivity contribution in [3.63, 3.8) is 0 Å². The number of hydrogen-bond acceptors (Lipinski definition) is 2. The van der Waals surface area contributed by atoms with E-state index in [1.807, 2.05) is 85.8 Å². The number of nitrogens with zero attached hydrogens (tertiary/aromatic N) is 1. The Morgan fingerprint density at radius 1 is 0.677 bits per heavy atom. The molecule has 2 amide bonds. The van der Waals surface area contributed by atoms with Gasteiger partial charge in [-0.3, -0.25) is 14.5 Å². The molecule has 0 radical (unpaired) electrons. The molecule has 2 bridgehead atoms. The van der Waals surface area contributed by atoms with Gasteiger partial charge in [0.15, 0.2) is 0 Å². The largest absolute Gasteiger partial charge is 0.275 e. The Morgan fingerprint density at radius 3 is 1.42 bits per heavy atom. The molecule has 3 aromatic carbocycles. The van der Waals surface area contributed by atoms with Gasteiger partial charge in [0.2, 0.25) is 11.8 Å². The highest BCUT2D eigenvalue weighted by atomic mass is 35.5. The van der Waals surface area contributed by atoms with E-state index >= 15 is 0 Å². The van der Waals surface area contributed by atoms with E-state index in [1.54, 1.807) is 0 Å².